The van der Waals surface area contributed by atoms with E-state index in [1.807, 2.05) is 48.5 Å². The van der Waals surface area contributed by atoms with E-state index in [-0.39, 0.29) is 36.5 Å². The van der Waals surface area contributed by atoms with Crippen LogP contribution in [0, 0.1) is 6.92 Å². The van der Waals surface area contributed by atoms with E-state index < -0.39 is 5.97 Å². The van der Waals surface area contributed by atoms with Crippen LogP contribution in [-0.4, -0.2) is 65.1 Å². The second kappa shape index (κ2) is 15.8. The van der Waals surface area contributed by atoms with Crippen molar-refractivity contribution in [2.24, 2.45) is 0 Å². The van der Waals surface area contributed by atoms with Crippen LogP contribution in [0.25, 0.3) is 33.4 Å². The highest BCUT2D eigenvalue weighted by Crippen LogP contribution is 2.49. The molecule has 48 heavy (non-hydrogen) atoms. The lowest BCUT2D eigenvalue weighted by atomic mass is 9.92. The summed E-state index contributed by atoms with van der Waals surface area (Å²) in [5, 5.41) is 0.822. The fourth-order valence-corrected chi connectivity index (χ4v) is 5.69. The standard InChI is InChI=1S/C36H35BrN2O9/c1-21-28(24-14-17-27(43-4)34(44-5)32(24)47-19-41-2)29(36(40)48-20-42-3)31(39-35(21)45-6)26-16-13-23-12-15-25(37)33(30(23)38-26)46-18-22-10-8-7-9-11-22/h7-17H,18-20H2,1-6H3. The third-order valence-corrected chi connectivity index (χ3v) is 8.05. The number of rotatable bonds is 14. The number of benzene rings is 3. The van der Waals surface area contributed by atoms with Crippen molar-refractivity contribution in [1.29, 1.82) is 0 Å². The number of nitrogens with zero attached hydrogens (tertiary/aromatic N) is 2. The molecule has 0 N–H and O–H groups in total. The first kappa shape index (κ1) is 34.4. The van der Waals surface area contributed by atoms with E-state index in [0.29, 0.717) is 51.8 Å². The van der Waals surface area contributed by atoms with Gasteiger partial charge in [-0.3, -0.25) is 0 Å². The van der Waals surface area contributed by atoms with Crippen molar-refractivity contribution in [1.82, 2.24) is 9.97 Å². The van der Waals surface area contributed by atoms with Gasteiger partial charge in [0, 0.05) is 36.3 Å². The molecular weight excluding hydrogens is 684 g/mol. The van der Waals surface area contributed by atoms with Crippen molar-refractivity contribution >= 4 is 32.8 Å². The van der Waals surface area contributed by atoms with Gasteiger partial charge in [0.25, 0.3) is 0 Å². The summed E-state index contributed by atoms with van der Waals surface area (Å²) in [6.07, 6.45) is 0. The number of methoxy groups -OCH3 is 5. The molecule has 0 amide bonds. The molecule has 0 spiro atoms. The highest BCUT2D eigenvalue weighted by molar-refractivity contribution is 9.10. The molecular formula is C36H35BrN2O9. The summed E-state index contributed by atoms with van der Waals surface area (Å²) >= 11 is 3.63. The van der Waals surface area contributed by atoms with E-state index in [1.165, 1.54) is 35.5 Å². The van der Waals surface area contributed by atoms with Gasteiger partial charge in [-0.1, -0.05) is 42.5 Å². The van der Waals surface area contributed by atoms with Crippen LogP contribution in [0.5, 0.6) is 28.9 Å². The molecule has 0 saturated carbocycles. The third-order valence-electron chi connectivity index (χ3n) is 7.43. The number of carbonyl (C=O) groups is 1. The Labute approximate surface area is 286 Å². The van der Waals surface area contributed by atoms with Gasteiger partial charge in [-0.15, -0.1) is 0 Å². The predicted octanol–water partition coefficient (Wildman–Crippen LogP) is 7.38. The average Bonchev–Trinajstić information content (AvgIpc) is 3.12. The fourth-order valence-electron chi connectivity index (χ4n) is 5.25. The van der Waals surface area contributed by atoms with Crippen molar-refractivity contribution in [3.8, 4) is 51.4 Å². The molecule has 0 unspecified atom stereocenters. The van der Waals surface area contributed by atoms with E-state index in [9.17, 15) is 4.79 Å². The normalized spacial score (nSPS) is 10.9. The number of carbonyl (C=O) groups excluding carboxylic acids is 1. The predicted molar refractivity (Wildman–Crippen MR) is 183 cm³/mol. The van der Waals surface area contributed by atoms with Gasteiger partial charge in [0.2, 0.25) is 11.6 Å². The average molecular weight is 720 g/mol. The van der Waals surface area contributed by atoms with E-state index in [4.69, 9.17) is 47.9 Å². The Morgan fingerprint density at radius 2 is 1.50 bits per heavy atom. The van der Waals surface area contributed by atoms with Crippen LogP contribution in [0.1, 0.15) is 21.5 Å². The van der Waals surface area contributed by atoms with Crippen molar-refractivity contribution < 1.29 is 42.7 Å². The molecule has 0 aliphatic carbocycles. The molecule has 0 atom stereocenters. The molecule has 0 aliphatic heterocycles. The molecule has 2 aromatic heterocycles. The second-order valence-corrected chi connectivity index (χ2v) is 11.2. The Balaban J connectivity index is 1.79. The topological polar surface area (TPSA) is 117 Å². The lowest BCUT2D eigenvalue weighted by Gasteiger charge is -2.22. The molecule has 250 valence electrons. The molecule has 0 saturated heterocycles. The molecule has 3 aromatic carbocycles. The van der Waals surface area contributed by atoms with Gasteiger partial charge in [0.15, 0.2) is 30.8 Å². The molecule has 11 nitrogen and oxygen atoms in total. The number of hydrogen-bond acceptors (Lipinski definition) is 11. The first-order valence-electron chi connectivity index (χ1n) is 14.7. The summed E-state index contributed by atoms with van der Waals surface area (Å²) in [5.41, 5.74) is 3.67. The van der Waals surface area contributed by atoms with Gasteiger partial charge >= 0.3 is 5.97 Å². The monoisotopic (exact) mass is 718 g/mol. The lowest BCUT2D eigenvalue weighted by molar-refractivity contribution is -0.0124. The second-order valence-electron chi connectivity index (χ2n) is 10.3. The first-order valence-corrected chi connectivity index (χ1v) is 15.5. The SMILES string of the molecule is COCOC(=O)c1c(-c2ccc3ccc(Br)c(OCc4ccccc4)c3n2)nc(OC)c(C)c1-c1ccc(OC)c(OC)c1OCOC. The van der Waals surface area contributed by atoms with Crippen LogP contribution in [0.3, 0.4) is 0 Å². The molecule has 0 bridgehead atoms. The highest BCUT2D eigenvalue weighted by atomic mass is 79.9. The zero-order chi connectivity index (χ0) is 34.2. The Hall–Kier alpha value is -4.91. The number of pyridine rings is 2. The summed E-state index contributed by atoms with van der Waals surface area (Å²) < 4.78 is 45.9. The fraction of sp³-hybridized carbons (Fsp3) is 0.250. The van der Waals surface area contributed by atoms with Gasteiger partial charge in [0.05, 0.1) is 37.1 Å². The van der Waals surface area contributed by atoms with E-state index in [2.05, 4.69) is 15.9 Å². The van der Waals surface area contributed by atoms with Crippen molar-refractivity contribution in [3.05, 3.63) is 87.9 Å². The van der Waals surface area contributed by atoms with Crippen LogP contribution in [0.2, 0.25) is 0 Å². The van der Waals surface area contributed by atoms with E-state index in [1.54, 1.807) is 25.1 Å². The van der Waals surface area contributed by atoms with Crippen molar-refractivity contribution in [3.63, 3.8) is 0 Å². The maximum atomic E-state index is 14.0. The maximum Gasteiger partial charge on any atom is 0.343 e. The summed E-state index contributed by atoms with van der Waals surface area (Å²) in [5.74, 6) is 1.08. The van der Waals surface area contributed by atoms with Crippen LogP contribution in [0.4, 0.5) is 0 Å². The van der Waals surface area contributed by atoms with Gasteiger partial charge in [0.1, 0.15) is 17.8 Å². The zero-order valence-electron chi connectivity index (χ0n) is 27.4. The summed E-state index contributed by atoms with van der Waals surface area (Å²) in [7, 11) is 7.45. The molecule has 5 rings (SSSR count). The zero-order valence-corrected chi connectivity index (χ0v) is 29.0. The lowest BCUT2D eigenvalue weighted by Crippen LogP contribution is -2.15. The molecule has 0 fully saturated rings. The molecule has 0 aliphatic rings. The van der Waals surface area contributed by atoms with Gasteiger partial charge in [-0.05, 0) is 52.7 Å². The molecule has 2 heterocycles. The van der Waals surface area contributed by atoms with Crippen molar-refractivity contribution in [2.75, 3.05) is 49.1 Å². The van der Waals surface area contributed by atoms with Crippen LogP contribution < -0.4 is 23.7 Å². The minimum Gasteiger partial charge on any atom is -0.493 e. The van der Waals surface area contributed by atoms with Crippen LogP contribution in [0.15, 0.2) is 71.2 Å². The van der Waals surface area contributed by atoms with Gasteiger partial charge < -0.3 is 37.9 Å². The minimum atomic E-state index is -0.704. The Morgan fingerprint density at radius 3 is 2.19 bits per heavy atom. The smallest absolute Gasteiger partial charge is 0.343 e. The molecule has 0 radical (unpaired) electrons. The highest BCUT2D eigenvalue weighted by Gasteiger charge is 2.31. The van der Waals surface area contributed by atoms with E-state index in [0.717, 1.165) is 15.4 Å². The van der Waals surface area contributed by atoms with Crippen LogP contribution >= 0.6 is 15.9 Å². The summed E-state index contributed by atoms with van der Waals surface area (Å²) in [6.45, 7) is 1.71. The van der Waals surface area contributed by atoms with Gasteiger partial charge in [-0.2, -0.15) is 0 Å². The largest absolute Gasteiger partial charge is 0.493 e. The number of halogens is 1. The quantitative estimate of drug-likeness (QED) is 0.0846. The Kier molecular flexibility index (Phi) is 11.3. The summed E-state index contributed by atoms with van der Waals surface area (Å²) in [4.78, 5) is 23.8. The summed E-state index contributed by atoms with van der Waals surface area (Å²) in [6, 6.07) is 20.8. The Bertz CT molecular complexity index is 1920. The van der Waals surface area contributed by atoms with E-state index >= 15 is 0 Å². The van der Waals surface area contributed by atoms with Crippen molar-refractivity contribution in [2.45, 2.75) is 13.5 Å². The number of aromatic nitrogens is 2. The molecule has 5 aromatic rings. The number of esters is 1. The number of ether oxygens (including phenoxy) is 8. The Morgan fingerprint density at radius 1 is 0.750 bits per heavy atom. The van der Waals surface area contributed by atoms with Gasteiger partial charge in [-0.25, -0.2) is 14.8 Å². The number of fused-ring (bicyclic) bond motifs is 1. The maximum absolute atomic E-state index is 14.0. The molecule has 12 heteroatoms. The third kappa shape index (κ3) is 7.01. The minimum absolute atomic E-state index is 0.105. The van der Waals surface area contributed by atoms with Crippen LogP contribution in [-0.2, 0) is 20.8 Å². The first-order chi connectivity index (χ1) is 23.4. The number of hydrogen-bond donors (Lipinski definition) is 0.